The lowest BCUT2D eigenvalue weighted by Crippen LogP contribution is -2.24. The van der Waals surface area contributed by atoms with Gasteiger partial charge in [0.25, 0.3) is 0 Å². The van der Waals surface area contributed by atoms with E-state index in [0.717, 1.165) is 41.3 Å². The quantitative estimate of drug-likeness (QED) is 0.723. The number of aromatic nitrogens is 2. The lowest BCUT2D eigenvalue weighted by molar-refractivity contribution is 0.230. The Morgan fingerprint density at radius 1 is 1.14 bits per heavy atom. The number of likely N-dealkylation sites (tertiary alicyclic amines) is 1. The van der Waals surface area contributed by atoms with Crippen molar-refractivity contribution >= 4 is 17.5 Å². The van der Waals surface area contributed by atoms with Crippen LogP contribution in [0.2, 0.25) is 0 Å². The summed E-state index contributed by atoms with van der Waals surface area (Å²) in [6.07, 6.45) is 3.94. The molecule has 1 aliphatic carbocycles. The molecule has 2 aromatic rings. The van der Waals surface area contributed by atoms with Crippen molar-refractivity contribution < 1.29 is 9.47 Å². The molecule has 0 bridgehead atoms. The minimum Gasteiger partial charge on any atom is -0.493 e. The molecule has 0 radical (unpaired) electrons. The zero-order chi connectivity index (χ0) is 19.5. The maximum absolute atomic E-state index is 6.16. The first-order valence-electron chi connectivity index (χ1n) is 10.00. The van der Waals surface area contributed by atoms with E-state index < -0.39 is 0 Å². The molecule has 1 atom stereocenters. The summed E-state index contributed by atoms with van der Waals surface area (Å²) < 4.78 is 11.6. The molecule has 2 fully saturated rings. The molecule has 2 heterocycles. The molecular weight excluding hydrogens is 354 g/mol. The average Bonchev–Trinajstić information content (AvgIpc) is 3.44. The standard InChI is InChI=1S/C21H29N5O2/c1-14-10-20(22-2)25-21(23-14)24-16-4-7-18(27-3)19(11-16)28-13-15-8-9-26(12-15)17-5-6-17/h4,7,10-11,15,17H,5-6,8-9,12-13H2,1-3H3,(H2,22,23,24,25). The number of aryl methyl sites for hydroxylation is 1. The van der Waals surface area contributed by atoms with Crippen molar-refractivity contribution in [1.82, 2.24) is 14.9 Å². The number of nitrogens with one attached hydrogen (secondary N) is 2. The number of benzene rings is 1. The highest BCUT2D eigenvalue weighted by Crippen LogP contribution is 2.34. The van der Waals surface area contributed by atoms with Gasteiger partial charge in [-0.15, -0.1) is 0 Å². The molecule has 2 N–H and O–H groups in total. The Bertz CT molecular complexity index is 824. The highest BCUT2D eigenvalue weighted by molar-refractivity contribution is 5.60. The molecular formula is C21H29N5O2. The second kappa shape index (κ2) is 8.22. The van der Waals surface area contributed by atoms with Crippen molar-refractivity contribution in [2.75, 3.05) is 44.5 Å². The maximum atomic E-state index is 6.16. The molecule has 1 aromatic heterocycles. The number of ether oxygens (including phenoxy) is 2. The van der Waals surface area contributed by atoms with Gasteiger partial charge in [-0.25, -0.2) is 4.98 Å². The summed E-state index contributed by atoms with van der Waals surface area (Å²) in [7, 11) is 3.51. The summed E-state index contributed by atoms with van der Waals surface area (Å²) >= 11 is 0. The molecule has 1 unspecified atom stereocenters. The first-order valence-corrected chi connectivity index (χ1v) is 10.00. The third kappa shape index (κ3) is 4.47. The van der Waals surface area contributed by atoms with Crippen LogP contribution in [0.15, 0.2) is 24.3 Å². The van der Waals surface area contributed by atoms with Gasteiger partial charge in [-0.05, 0) is 44.9 Å². The molecule has 7 nitrogen and oxygen atoms in total. The van der Waals surface area contributed by atoms with Crippen molar-refractivity contribution in [3.8, 4) is 11.5 Å². The van der Waals surface area contributed by atoms with E-state index >= 15 is 0 Å². The van der Waals surface area contributed by atoms with Crippen molar-refractivity contribution in [1.29, 1.82) is 0 Å². The number of methoxy groups -OCH3 is 1. The van der Waals surface area contributed by atoms with Crippen LogP contribution in [0.4, 0.5) is 17.5 Å². The Kier molecular flexibility index (Phi) is 5.52. The largest absolute Gasteiger partial charge is 0.493 e. The van der Waals surface area contributed by atoms with Gasteiger partial charge in [0.2, 0.25) is 5.95 Å². The van der Waals surface area contributed by atoms with E-state index in [1.54, 1.807) is 7.11 Å². The van der Waals surface area contributed by atoms with E-state index in [4.69, 9.17) is 9.47 Å². The van der Waals surface area contributed by atoms with Crippen molar-refractivity contribution in [3.63, 3.8) is 0 Å². The summed E-state index contributed by atoms with van der Waals surface area (Å²) in [4.78, 5) is 11.5. The Balaban J connectivity index is 1.43. The van der Waals surface area contributed by atoms with Gasteiger partial charge >= 0.3 is 0 Å². The molecule has 4 rings (SSSR count). The Morgan fingerprint density at radius 2 is 2.00 bits per heavy atom. The van der Waals surface area contributed by atoms with Crippen LogP contribution in [0.5, 0.6) is 11.5 Å². The van der Waals surface area contributed by atoms with Gasteiger partial charge < -0.3 is 20.1 Å². The van der Waals surface area contributed by atoms with Gasteiger partial charge in [-0.2, -0.15) is 4.98 Å². The van der Waals surface area contributed by atoms with Crippen LogP contribution in [-0.2, 0) is 0 Å². The molecule has 1 aliphatic heterocycles. The van der Waals surface area contributed by atoms with Gasteiger partial charge in [0, 0.05) is 49.1 Å². The fourth-order valence-corrected chi connectivity index (χ4v) is 3.73. The van der Waals surface area contributed by atoms with E-state index in [1.807, 2.05) is 38.2 Å². The third-order valence-corrected chi connectivity index (χ3v) is 5.39. The van der Waals surface area contributed by atoms with E-state index in [0.29, 0.717) is 18.5 Å². The molecule has 1 aromatic carbocycles. The molecule has 1 saturated carbocycles. The molecule has 2 aliphatic rings. The smallest absolute Gasteiger partial charge is 0.229 e. The molecule has 1 saturated heterocycles. The minimum atomic E-state index is 0.552. The number of nitrogens with zero attached hydrogens (tertiary/aromatic N) is 3. The van der Waals surface area contributed by atoms with Gasteiger partial charge in [-0.3, -0.25) is 4.90 Å². The number of rotatable bonds is 8. The van der Waals surface area contributed by atoms with Crippen LogP contribution in [0, 0.1) is 12.8 Å². The second-order valence-corrected chi connectivity index (χ2v) is 7.65. The fraction of sp³-hybridized carbons (Fsp3) is 0.524. The highest BCUT2D eigenvalue weighted by atomic mass is 16.5. The van der Waals surface area contributed by atoms with Crippen molar-refractivity contribution in [2.45, 2.75) is 32.2 Å². The normalized spacial score (nSPS) is 19.5. The zero-order valence-electron chi connectivity index (χ0n) is 16.9. The molecule has 0 amide bonds. The first-order chi connectivity index (χ1) is 13.6. The van der Waals surface area contributed by atoms with Gasteiger partial charge in [0.15, 0.2) is 11.5 Å². The molecule has 150 valence electrons. The Morgan fingerprint density at radius 3 is 2.75 bits per heavy atom. The maximum Gasteiger partial charge on any atom is 0.229 e. The van der Waals surface area contributed by atoms with Crippen LogP contribution in [0.1, 0.15) is 25.0 Å². The zero-order valence-corrected chi connectivity index (χ0v) is 16.9. The number of anilines is 3. The fourth-order valence-electron chi connectivity index (χ4n) is 3.73. The predicted octanol–water partition coefficient (Wildman–Crippen LogP) is 3.44. The van der Waals surface area contributed by atoms with E-state index in [1.165, 1.54) is 25.8 Å². The van der Waals surface area contributed by atoms with Crippen LogP contribution in [0.25, 0.3) is 0 Å². The summed E-state index contributed by atoms with van der Waals surface area (Å²) in [6.45, 7) is 5.02. The van der Waals surface area contributed by atoms with Crippen molar-refractivity contribution in [3.05, 3.63) is 30.0 Å². The van der Waals surface area contributed by atoms with Crippen LogP contribution in [0.3, 0.4) is 0 Å². The topological polar surface area (TPSA) is 71.5 Å². The van der Waals surface area contributed by atoms with Crippen molar-refractivity contribution in [2.24, 2.45) is 5.92 Å². The van der Waals surface area contributed by atoms with E-state index in [2.05, 4.69) is 25.5 Å². The van der Waals surface area contributed by atoms with Crippen LogP contribution >= 0.6 is 0 Å². The lowest BCUT2D eigenvalue weighted by Gasteiger charge is -2.17. The van der Waals surface area contributed by atoms with Gasteiger partial charge in [-0.1, -0.05) is 0 Å². The first kappa shape index (κ1) is 18.8. The summed E-state index contributed by atoms with van der Waals surface area (Å²) in [5.74, 6) is 3.40. The summed E-state index contributed by atoms with van der Waals surface area (Å²) in [5.41, 5.74) is 1.77. The predicted molar refractivity (Wildman–Crippen MR) is 111 cm³/mol. The number of hydrogen-bond donors (Lipinski definition) is 2. The summed E-state index contributed by atoms with van der Waals surface area (Å²) in [5, 5.41) is 6.31. The minimum absolute atomic E-state index is 0.552. The monoisotopic (exact) mass is 383 g/mol. The molecule has 28 heavy (non-hydrogen) atoms. The SMILES string of the molecule is CNc1cc(C)nc(Nc2ccc(OC)c(OCC3CCN(C4CC4)C3)c2)n1. The third-order valence-electron chi connectivity index (χ3n) is 5.39. The van der Waals surface area contributed by atoms with Gasteiger partial charge in [0.1, 0.15) is 5.82 Å². The van der Waals surface area contributed by atoms with E-state index in [-0.39, 0.29) is 0 Å². The van der Waals surface area contributed by atoms with E-state index in [9.17, 15) is 0 Å². The Hall–Kier alpha value is -2.54. The average molecular weight is 383 g/mol. The van der Waals surface area contributed by atoms with Crippen LogP contribution < -0.4 is 20.1 Å². The Labute approximate surface area is 166 Å². The van der Waals surface area contributed by atoms with Gasteiger partial charge in [0.05, 0.1) is 13.7 Å². The second-order valence-electron chi connectivity index (χ2n) is 7.65. The molecule has 0 spiro atoms. The number of hydrogen-bond acceptors (Lipinski definition) is 7. The van der Waals surface area contributed by atoms with Crippen LogP contribution in [-0.4, -0.2) is 54.8 Å². The lowest BCUT2D eigenvalue weighted by atomic mass is 10.1. The summed E-state index contributed by atoms with van der Waals surface area (Å²) in [6, 6.07) is 8.56. The highest BCUT2D eigenvalue weighted by Gasteiger charge is 2.34. The molecule has 7 heteroatoms.